The number of benzene rings is 1. The molecule has 2 N–H and O–H groups in total. The van der Waals surface area contributed by atoms with Crippen LogP contribution in [0.2, 0.25) is 0 Å². The summed E-state index contributed by atoms with van der Waals surface area (Å²) in [5.74, 6) is -0.403. The number of hydrogen-bond acceptors (Lipinski definition) is 3. The van der Waals surface area contributed by atoms with Crippen LogP contribution in [0, 0.1) is 11.7 Å². The molecule has 0 saturated carbocycles. The summed E-state index contributed by atoms with van der Waals surface area (Å²) in [4.78, 5) is 11.8. The summed E-state index contributed by atoms with van der Waals surface area (Å²) in [5.41, 5.74) is 0.459. The van der Waals surface area contributed by atoms with E-state index in [9.17, 15) is 9.18 Å². The third-order valence-electron chi connectivity index (χ3n) is 2.85. The third-order valence-corrected chi connectivity index (χ3v) is 2.85. The molecule has 4 nitrogen and oxygen atoms in total. The molecular formula is C12H15FN2O2. The lowest BCUT2D eigenvalue weighted by atomic mass is 10.1. The number of anilines is 1. The fraction of sp³-hybridized carbons (Fsp3) is 0.417. The quantitative estimate of drug-likeness (QED) is 0.836. The summed E-state index contributed by atoms with van der Waals surface area (Å²) >= 11 is 0. The van der Waals surface area contributed by atoms with E-state index in [-0.39, 0.29) is 17.6 Å². The van der Waals surface area contributed by atoms with Crippen LogP contribution in [-0.4, -0.2) is 26.1 Å². The van der Waals surface area contributed by atoms with E-state index in [2.05, 4.69) is 10.6 Å². The van der Waals surface area contributed by atoms with Gasteiger partial charge in [0.25, 0.3) is 0 Å². The van der Waals surface area contributed by atoms with E-state index < -0.39 is 5.82 Å². The maximum absolute atomic E-state index is 13.4. The summed E-state index contributed by atoms with van der Waals surface area (Å²) < 4.78 is 18.2. The lowest BCUT2D eigenvalue weighted by Gasteiger charge is -2.10. The minimum Gasteiger partial charge on any atom is -0.494 e. The number of amides is 1. The molecule has 1 atom stereocenters. The van der Waals surface area contributed by atoms with Gasteiger partial charge in [0.2, 0.25) is 5.91 Å². The number of nitrogens with one attached hydrogen (secondary N) is 2. The minimum atomic E-state index is -0.477. The lowest BCUT2D eigenvalue weighted by molar-refractivity contribution is -0.119. The number of carbonyl (C=O) groups excluding carboxylic acids is 1. The van der Waals surface area contributed by atoms with Gasteiger partial charge in [0, 0.05) is 18.3 Å². The topological polar surface area (TPSA) is 50.4 Å². The van der Waals surface area contributed by atoms with E-state index in [1.165, 1.54) is 19.2 Å². The second-order valence-electron chi connectivity index (χ2n) is 4.03. The second-order valence-corrected chi connectivity index (χ2v) is 4.03. The highest BCUT2D eigenvalue weighted by molar-refractivity contribution is 5.92. The monoisotopic (exact) mass is 238 g/mol. The van der Waals surface area contributed by atoms with Crippen molar-refractivity contribution in [1.82, 2.24) is 5.32 Å². The van der Waals surface area contributed by atoms with E-state index in [1.54, 1.807) is 6.07 Å². The molecule has 0 spiro atoms. The standard InChI is InChI=1S/C12H15FN2O2/c1-17-11-3-2-9(6-10(11)13)15-12(16)8-4-5-14-7-8/h2-3,6,8,14H,4-5,7H2,1H3,(H,15,16). The molecule has 92 valence electrons. The zero-order valence-electron chi connectivity index (χ0n) is 9.63. The van der Waals surface area contributed by atoms with E-state index in [4.69, 9.17) is 4.74 Å². The van der Waals surface area contributed by atoms with Crippen molar-refractivity contribution in [2.45, 2.75) is 6.42 Å². The van der Waals surface area contributed by atoms with Crippen molar-refractivity contribution in [2.24, 2.45) is 5.92 Å². The average Bonchev–Trinajstić information content (AvgIpc) is 2.82. The summed E-state index contributed by atoms with van der Waals surface area (Å²) in [6.45, 7) is 1.54. The highest BCUT2D eigenvalue weighted by atomic mass is 19.1. The number of halogens is 1. The Labute approximate surface area is 99.2 Å². The first-order valence-corrected chi connectivity index (χ1v) is 5.56. The van der Waals surface area contributed by atoms with E-state index in [1.807, 2.05) is 0 Å². The van der Waals surface area contributed by atoms with Gasteiger partial charge in [0.15, 0.2) is 11.6 Å². The normalized spacial score (nSPS) is 19.1. The van der Waals surface area contributed by atoms with Crippen LogP contribution in [-0.2, 0) is 4.79 Å². The van der Waals surface area contributed by atoms with Gasteiger partial charge in [-0.15, -0.1) is 0 Å². The predicted octanol–water partition coefficient (Wildman–Crippen LogP) is 1.38. The molecule has 5 heteroatoms. The molecule has 17 heavy (non-hydrogen) atoms. The number of hydrogen-bond donors (Lipinski definition) is 2. The Bertz CT molecular complexity index is 417. The van der Waals surface area contributed by atoms with Crippen LogP contribution in [0.15, 0.2) is 18.2 Å². The van der Waals surface area contributed by atoms with Crippen molar-refractivity contribution in [2.75, 3.05) is 25.5 Å². The number of carbonyl (C=O) groups is 1. The van der Waals surface area contributed by atoms with Gasteiger partial charge in [-0.05, 0) is 25.1 Å². The smallest absolute Gasteiger partial charge is 0.228 e. The van der Waals surface area contributed by atoms with Gasteiger partial charge >= 0.3 is 0 Å². The minimum absolute atomic E-state index is 0.0276. The van der Waals surface area contributed by atoms with Crippen LogP contribution in [0.5, 0.6) is 5.75 Å². The molecule has 1 heterocycles. The van der Waals surface area contributed by atoms with Crippen LogP contribution in [0.1, 0.15) is 6.42 Å². The van der Waals surface area contributed by atoms with Gasteiger partial charge in [0.1, 0.15) is 0 Å². The van der Waals surface area contributed by atoms with Crippen LogP contribution in [0.4, 0.5) is 10.1 Å². The number of ether oxygens (including phenoxy) is 1. The second kappa shape index (κ2) is 5.14. The predicted molar refractivity (Wildman–Crippen MR) is 62.6 cm³/mol. The van der Waals surface area contributed by atoms with Crippen molar-refractivity contribution in [3.8, 4) is 5.75 Å². The van der Waals surface area contributed by atoms with Crippen LogP contribution in [0.25, 0.3) is 0 Å². The van der Waals surface area contributed by atoms with Crippen molar-refractivity contribution < 1.29 is 13.9 Å². The Morgan fingerprint density at radius 1 is 1.59 bits per heavy atom. The lowest BCUT2D eigenvalue weighted by Crippen LogP contribution is -2.24. The highest BCUT2D eigenvalue weighted by Crippen LogP contribution is 2.21. The maximum Gasteiger partial charge on any atom is 0.228 e. The average molecular weight is 238 g/mol. The van der Waals surface area contributed by atoms with Gasteiger partial charge in [-0.2, -0.15) is 0 Å². The van der Waals surface area contributed by atoms with Crippen LogP contribution >= 0.6 is 0 Å². The molecule has 0 aromatic heterocycles. The number of rotatable bonds is 3. The highest BCUT2D eigenvalue weighted by Gasteiger charge is 2.22. The molecule has 1 fully saturated rings. The molecule has 1 saturated heterocycles. The van der Waals surface area contributed by atoms with Crippen molar-refractivity contribution >= 4 is 11.6 Å². The summed E-state index contributed by atoms with van der Waals surface area (Å²) in [5, 5.41) is 5.82. The van der Waals surface area contributed by atoms with E-state index in [0.29, 0.717) is 12.2 Å². The van der Waals surface area contributed by atoms with Gasteiger partial charge < -0.3 is 15.4 Å². The molecule has 1 unspecified atom stereocenters. The molecule has 1 aromatic rings. The van der Waals surface area contributed by atoms with Crippen LogP contribution < -0.4 is 15.4 Å². The van der Waals surface area contributed by atoms with Crippen LogP contribution in [0.3, 0.4) is 0 Å². The Kier molecular flexibility index (Phi) is 3.58. The van der Waals surface area contributed by atoms with Gasteiger partial charge in [-0.3, -0.25) is 4.79 Å². The molecule has 0 aliphatic carbocycles. The van der Waals surface area contributed by atoms with Crippen molar-refractivity contribution in [3.05, 3.63) is 24.0 Å². The molecule has 2 rings (SSSR count). The SMILES string of the molecule is COc1ccc(NC(=O)C2CCNC2)cc1F. The van der Waals surface area contributed by atoms with Gasteiger partial charge in [-0.25, -0.2) is 4.39 Å². The Morgan fingerprint density at radius 2 is 2.41 bits per heavy atom. The van der Waals surface area contributed by atoms with Gasteiger partial charge in [-0.1, -0.05) is 0 Å². The fourth-order valence-corrected chi connectivity index (χ4v) is 1.87. The third kappa shape index (κ3) is 2.74. The zero-order valence-corrected chi connectivity index (χ0v) is 9.63. The first-order valence-electron chi connectivity index (χ1n) is 5.56. The Morgan fingerprint density at radius 3 is 3.00 bits per heavy atom. The van der Waals surface area contributed by atoms with Crippen molar-refractivity contribution in [1.29, 1.82) is 0 Å². The van der Waals surface area contributed by atoms with E-state index >= 15 is 0 Å². The molecule has 1 aliphatic rings. The summed E-state index contributed by atoms with van der Waals surface area (Å²) in [6, 6.07) is 4.39. The maximum atomic E-state index is 13.4. The zero-order chi connectivity index (χ0) is 12.3. The first kappa shape index (κ1) is 11.9. The van der Waals surface area contributed by atoms with Crippen molar-refractivity contribution in [3.63, 3.8) is 0 Å². The molecule has 0 radical (unpaired) electrons. The molecular weight excluding hydrogens is 223 g/mol. The molecule has 1 aromatic carbocycles. The van der Waals surface area contributed by atoms with E-state index in [0.717, 1.165) is 13.0 Å². The Balaban J connectivity index is 2.03. The Hall–Kier alpha value is -1.62. The molecule has 1 amide bonds. The first-order chi connectivity index (χ1) is 8.20. The van der Waals surface area contributed by atoms with Gasteiger partial charge in [0.05, 0.1) is 13.0 Å². The molecule has 1 aliphatic heterocycles. The largest absolute Gasteiger partial charge is 0.494 e. The summed E-state index contributed by atoms with van der Waals surface area (Å²) in [6.07, 6.45) is 0.824. The molecule has 0 bridgehead atoms. The number of methoxy groups -OCH3 is 1. The fourth-order valence-electron chi connectivity index (χ4n) is 1.87. The summed E-state index contributed by atoms with van der Waals surface area (Å²) in [7, 11) is 1.40.